The minimum Gasteiger partial charge on any atom is -0.357 e. The molecule has 2 aromatic rings. The van der Waals surface area contributed by atoms with Gasteiger partial charge in [-0.2, -0.15) is 0 Å². The van der Waals surface area contributed by atoms with E-state index in [4.69, 9.17) is 0 Å². The highest BCUT2D eigenvalue weighted by Gasteiger charge is 2.30. The third-order valence-corrected chi connectivity index (χ3v) is 3.67. The molecule has 0 unspecified atom stereocenters. The van der Waals surface area contributed by atoms with Crippen LogP contribution in [0, 0.1) is 5.92 Å². The predicted octanol–water partition coefficient (Wildman–Crippen LogP) is 1.80. The van der Waals surface area contributed by atoms with Crippen LogP contribution in [0.1, 0.15) is 16.9 Å². The summed E-state index contributed by atoms with van der Waals surface area (Å²) >= 11 is 0. The number of carbonyl (C=O) groups excluding carboxylic acids is 2. The fraction of sp³-hybridized carbons (Fsp3) is 0.250. The number of hydrogen-bond donors (Lipinski definition) is 2. The van der Waals surface area contributed by atoms with Crippen LogP contribution in [-0.4, -0.2) is 29.9 Å². The number of nitrogens with zero attached hydrogens (tertiary/aromatic N) is 1. The summed E-state index contributed by atoms with van der Waals surface area (Å²) < 4.78 is 0. The molecule has 0 saturated carbocycles. The average Bonchev–Trinajstić information content (AvgIpc) is 3.15. The van der Waals surface area contributed by atoms with Crippen LogP contribution in [0.15, 0.2) is 48.7 Å². The zero-order valence-electron chi connectivity index (χ0n) is 11.6. The van der Waals surface area contributed by atoms with Gasteiger partial charge in [0.15, 0.2) is 0 Å². The Morgan fingerprint density at radius 3 is 2.76 bits per heavy atom. The Morgan fingerprint density at radius 2 is 2.05 bits per heavy atom. The molecule has 108 valence electrons. The zero-order valence-corrected chi connectivity index (χ0v) is 11.6. The number of para-hydroxylation sites is 1. The molecule has 2 N–H and O–H groups in total. The van der Waals surface area contributed by atoms with Gasteiger partial charge in [0.05, 0.1) is 0 Å². The molecule has 0 bridgehead atoms. The average molecular weight is 283 g/mol. The van der Waals surface area contributed by atoms with E-state index in [1.807, 2.05) is 30.3 Å². The Labute approximate surface area is 123 Å². The zero-order chi connectivity index (χ0) is 14.7. The molecule has 1 saturated heterocycles. The number of amides is 2. The van der Waals surface area contributed by atoms with E-state index >= 15 is 0 Å². The van der Waals surface area contributed by atoms with Crippen LogP contribution in [0.3, 0.4) is 0 Å². The predicted molar refractivity (Wildman–Crippen MR) is 80.0 cm³/mol. The maximum Gasteiger partial charge on any atom is 0.267 e. The molecular formula is C16H17N3O2. The van der Waals surface area contributed by atoms with Gasteiger partial charge in [-0.05, 0) is 24.3 Å². The SMILES string of the molecule is O=C(NC[C@@H]1CC(=O)N(c2ccccc2)C1)c1ccc[nH]1. The largest absolute Gasteiger partial charge is 0.357 e. The third-order valence-electron chi connectivity index (χ3n) is 3.67. The lowest BCUT2D eigenvalue weighted by molar-refractivity contribution is -0.117. The van der Waals surface area contributed by atoms with Gasteiger partial charge in [0, 0.05) is 37.3 Å². The first-order chi connectivity index (χ1) is 10.2. The molecule has 2 heterocycles. The molecule has 1 aromatic carbocycles. The van der Waals surface area contributed by atoms with Crippen LogP contribution in [0.4, 0.5) is 5.69 Å². The van der Waals surface area contributed by atoms with Gasteiger partial charge in [0.2, 0.25) is 5.91 Å². The van der Waals surface area contributed by atoms with E-state index in [1.54, 1.807) is 23.2 Å². The standard InChI is InChI=1S/C16H17N3O2/c20-15-9-12(10-18-16(21)14-7-4-8-17-14)11-19(15)13-5-2-1-3-6-13/h1-8,12,17H,9-11H2,(H,18,21)/t12-/m0/s1. The van der Waals surface area contributed by atoms with Gasteiger partial charge in [-0.25, -0.2) is 0 Å². The summed E-state index contributed by atoms with van der Waals surface area (Å²) in [6, 6.07) is 13.1. The number of anilines is 1. The Hall–Kier alpha value is -2.56. The maximum absolute atomic E-state index is 12.1. The maximum atomic E-state index is 12.1. The van der Waals surface area contributed by atoms with Crippen LogP contribution >= 0.6 is 0 Å². The van der Waals surface area contributed by atoms with Gasteiger partial charge >= 0.3 is 0 Å². The lowest BCUT2D eigenvalue weighted by Crippen LogP contribution is -2.31. The number of hydrogen-bond acceptors (Lipinski definition) is 2. The summed E-state index contributed by atoms with van der Waals surface area (Å²) in [6.07, 6.45) is 2.19. The monoisotopic (exact) mass is 283 g/mol. The van der Waals surface area contributed by atoms with Crippen LogP contribution in [0.5, 0.6) is 0 Å². The molecule has 5 heteroatoms. The van der Waals surface area contributed by atoms with Crippen molar-refractivity contribution in [1.82, 2.24) is 10.3 Å². The Bertz CT molecular complexity index is 622. The number of H-pyrrole nitrogens is 1. The van der Waals surface area contributed by atoms with E-state index < -0.39 is 0 Å². The van der Waals surface area contributed by atoms with Crippen molar-refractivity contribution in [3.05, 3.63) is 54.4 Å². The molecular weight excluding hydrogens is 266 g/mol. The van der Waals surface area contributed by atoms with Gasteiger partial charge in [-0.3, -0.25) is 9.59 Å². The Balaban J connectivity index is 1.57. The van der Waals surface area contributed by atoms with Crippen molar-refractivity contribution in [3.8, 4) is 0 Å². The van der Waals surface area contributed by atoms with E-state index in [9.17, 15) is 9.59 Å². The smallest absolute Gasteiger partial charge is 0.267 e. The van der Waals surface area contributed by atoms with Crippen molar-refractivity contribution in [2.45, 2.75) is 6.42 Å². The highest BCUT2D eigenvalue weighted by molar-refractivity contribution is 5.96. The van der Waals surface area contributed by atoms with Crippen LogP contribution < -0.4 is 10.2 Å². The van der Waals surface area contributed by atoms with E-state index in [0.29, 0.717) is 25.2 Å². The second-order valence-corrected chi connectivity index (χ2v) is 5.20. The fourth-order valence-corrected chi connectivity index (χ4v) is 2.58. The van der Waals surface area contributed by atoms with Crippen molar-refractivity contribution in [2.24, 2.45) is 5.92 Å². The van der Waals surface area contributed by atoms with E-state index in [-0.39, 0.29) is 17.7 Å². The normalized spacial score (nSPS) is 18.0. The van der Waals surface area contributed by atoms with Gasteiger partial charge < -0.3 is 15.2 Å². The molecule has 0 spiro atoms. The second kappa shape index (κ2) is 5.83. The summed E-state index contributed by atoms with van der Waals surface area (Å²) in [5, 5.41) is 2.87. The topological polar surface area (TPSA) is 65.2 Å². The minimum absolute atomic E-state index is 0.111. The molecule has 1 aliphatic heterocycles. The molecule has 1 aromatic heterocycles. The first-order valence-corrected chi connectivity index (χ1v) is 7.01. The molecule has 21 heavy (non-hydrogen) atoms. The van der Waals surface area contributed by atoms with Crippen LogP contribution in [-0.2, 0) is 4.79 Å². The van der Waals surface area contributed by atoms with Crippen LogP contribution in [0.2, 0.25) is 0 Å². The molecule has 1 aliphatic rings. The quantitative estimate of drug-likeness (QED) is 0.898. The Morgan fingerprint density at radius 1 is 1.24 bits per heavy atom. The fourth-order valence-electron chi connectivity index (χ4n) is 2.58. The summed E-state index contributed by atoms with van der Waals surface area (Å²) in [4.78, 5) is 28.6. The molecule has 0 aliphatic carbocycles. The van der Waals surface area contributed by atoms with E-state index in [0.717, 1.165) is 5.69 Å². The molecule has 3 rings (SSSR count). The van der Waals surface area contributed by atoms with E-state index in [2.05, 4.69) is 10.3 Å². The summed E-state index contributed by atoms with van der Waals surface area (Å²) in [5.41, 5.74) is 1.46. The number of benzene rings is 1. The lowest BCUT2D eigenvalue weighted by atomic mass is 10.1. The molecule has 5 nitrogen and oxygen atoms in total. The van der Waals surface area contributed by atoms with Crippen molar-refractivity contribution in [3.63, 3.8) is 0 Å². The van der Waals surface area contributed by atoms with E-state index in [1.165, 1.54) is 0 Å². The van der Waals surface area contributed by atoms with Gasteiger partial charge in [0.25, 0.3) is 5.91 Å². The number of nitrogens with one attached hydrogen (secondary N) is 2. The van der Waals surface area contributed by atoms with Crippen molar-refractivity contribution < 1.29 is 9.59 Å². The van der Waals surface area contributed by atoms with Gasteiger partial charge in [0.1, 0.15) is 5.69 Å². The van der Waals surface area contributed by atoms with Crippen LogP contribution in [0.25, 0.3) is 0 Å². The van der Waals surface area contributed by atoms with Gasteiger partial charge in [-0.1, -0.05) is 18.2 Å². The molecule has 1 atom stereocenters. The minimum atomic E-state index is -0.134. The summed E-state index contributed by atoms with van der Waals surface area (Å²) in [6.45, 7) is 1.15. The Kier molecular flexibility index (Phi) is 3.73. The number of aromatic nitrogens is 1. The number of carbonyl (C=O) groups is 2. The molecule has 1 fully saturated rings. The van der Waals surface area contributed by atoms with Crippen molar-refractivity contribution >= 4 is 17.5 Å². The highest BCUT2D eigenvalue weighted by Crippen LogP contribution is 2.24. The highest BCUT2D eigenvalue weighted by atomic mass is 16.2. The molecule has 0 radical (unpaired) electrons. The van der Waals surface area contributed by atoms with Gasteiger partial charge in [-0.15, -0.1) is 0 Å². The third kappa shape index (κ3) is 2.97. The summed E-state index contributed by atoms with van der Waals surface area (Å²) in [5.74, 6) is 0.127. The molecule has 2 amide bonds. The lowest BCUT2D eigenvalue weighted by Gasteiger charge is -2.16. The van der Waals surface area contributed by atoms with Crippen molar-refractivity contribution in [2.75, 3.05) is 18.0 Å². The second-order valence-electron chi connectivity index (χ2n) is 5.20. The number of aromatic amines is 1. The number of rotatable bonds is 4. The van der Waals surface area contributed by atoms with Crippen molar-refractivity contribution in [1.29, 1.82) is 0 Å². The first-order valence-electron chi connectivity index (χ1n) is 7.01. The summed E-state index contributed by atoms with van der Waals surface area (Å²) in [7, 11) is 0. The first kappa shape index (κ1) is 13.4.